The number of nitrogens with one attached hydrogen (secondary N) is 2. The molecule has 3 rings (SSSR count). The largest absolute Gasteiger partial charge is 0.496 e. The Morgan fingerprint density at radius 3 is 2.44 bits per heavy atom. The van der Waals surface area contributed by atoms with Crippen molar-refractivity contribution in [3.8, 4) is 17.1 Å². The summed E-state index contributed by atoms with van der Waals surface area (Å²) in [5, 5.41) is 16.0. The van der Waals surface area contributed by atoms with Crippen molar-refractivity contribution in [1.29, 1.82) is 0 Å². The van der Waals surface area contributed by atoms with Gasteiger partial charge in [-0.3, -0.25) is 19.2 Å². The summed E-state index contributed by atoms with van der Waals surface area (Å²) in [5.41, 5.74) is 1.32. The highest BCUT2D eigenvalue weighted by Crippen LogP contribution is 2.28. The van der Waals surface area contributed by atoms with Gasteiger partial charge in [-0.15, -0.1) is 0 Å². The van der Waals surface area contributed by atoms with Crippen LogP contribution in [-0.2, 0) is 21.0 Å². The van der Waals surface area contributed by atoms with Gasteiger partial charge in [0.15, 0.2) is 5.76 Å². The predicted octanol–water partition coefficient (Wildman–Crippen LogP) is 5.02. The molecule has 3 aromatic rings. The number of ether oxygens (including phenoxy) is 1. The van der Waals surface area contributed by atoms with Crippen LogP contribution in [-0.4, -0.2) is 54.2 Å². The van der Waals surface area contributed by atoms with Gasteiger partial charge in [0.2, 0.25) is 12.3 Å². The smallest absolute Gasteiger partial charge is 0.339 e. The fraction of sp³-hybridized carbons (Fsp3) is 0.375. The van der Waals surface area contributed by atoms with Gasteiger partial charge >= 0.3 is 5.97 Å². The molecule has 1 aromatic heterocycles. The maximum Gasteiger partial charge on any atom is 0.339 e. The van der Waals surface area contributed by atoms with Crippen LogP contribution in [0.25, 0.3) is 11.3 Å². The van der Waals surface area contributed by atoms with E-state index in [0.717, 1.165) is 24.8 Å². The Balaban J connectivity index is 1.63. The lowest BCUT2D eigenvalue weighted by Crippen LogP contribution is -2.48. The summed E-state index contributed by atoms with van der Waals surface area (Å²) in [6.45, 7) is 3.99. The first-order valence-electron chi connectivity index (χ1n) is 14.3. The predicted molar refractivity (Wildman–Crippen MR) is 159 cm³/mol. The van der Waals surface area contributed by atoms with Gasteiger partial charge in [0, 0.05) is 5.56 Å². The number of nitrogens with zero attached hydrogens (tertiary/aromatic N) is 1. The molecule has 0 aliphatic carbocycles. The highest BCUT2D eigenvalue weighted by atomic mass is 16.7. The number of furan rings is 1. The van der Waals surface area contributed by atoms with Crippen molar-refractivity contribution in [2.75, 3.05) is 13.8 Å². The maximum absolute atomic E-state index is 13.3. The minimum Gasteiger partial charge on any atom is -0.496 e. The van der Waals surface area contributed by atoms with Crippen molar-refractivity contribution in [1.82, 2.24) is 15.7 Å². The molecular weight excluding hydrogens is 554 g/mol. The van der Waals surface area contributed by atoms with Gasteiger partial charge in [-0.25, -0.2) is 9.86 Å². The van der Waals surface area contributed by atoms with Crippen LogP contribution in [0.2, 0.25) is 0 Å². The van der Waals surface area contributed by atoms with Crippen LogP contribution in [0.4, 0.5) is 0 Å². The summed E-state index contributed by atoms with van der Waals surface area (Å²) >= 11 is 0. The zero-order valence-corrected chi connectivity index (χ0v) is 24.7. The van der Waals surface area contributed by atoms with Crippen LogP contribution in [0.15, 0.2) is 65.1 Å². The summed E-state index contributed by atoms with van der Waals surface area (Å²) in [6.07, 6.45) is 4.36. The number of hydrogen-bond acceptors (Lipinski definition) is 7. The summed E-state index contributed by atoms with van der Waals surface area (Å²) in [6, 6.07) is 16.5. The van der Waals surface area contributed by atoms with E-state index < -0.39 is 23.8 Å². The molecule has 0 radical (unpaired) electrons. The van der Waals surface area contributed by atoms with E-state index in [1.807, 2.05) is 37.3 Å². The number of hydroxylamine groups is 2. The van der Waals surface area contributed by atoms with Crippen LogP contribution >= 0.6 is 0 Å². The normalized spacial score (nSPS) is 12.2. The molecule has 11 nitrogen and oxygen atoms in total. The number of rotatable bonds is 18. The first-order chi connectivity index (χ1) is 20.8. The molecule has 0 fully saturated rings. The van der Waals surface area contributed by atoms with E-state index in [0.29, 0.717) is 30.6 Å². The molecule has 2 unspecified atom stereocenters. The highest BCUT2D eigenvalue weighted by molar-refractivity contribution is 5.94. The third-order valence-corrected chi connectivity index (χ3v) is 7.05. The molecule has 0 saturated carbocycles. The number of carbonyl (C=O) groups excluding carboxylic acids is 3. The van der Waals surface area contributed by atoms with Crippen molar-refractivity contribution in [3.05, 3.63) is 77.6 Å². The molecular formula is C32H39N3O8. The average molecular weight is 594 g/mol. The van der Waals surface area contributed by atoms with Crippen molar-refractivity contribution >= 4 is 24.2 Å². The van der Waals surface area contributed by atoms with E-state index >= 15 is 0 Å². The zero-order valence-electron chi connectivity index (χ0n) is 24.7. The Hall–Kier alpha value is -4.64. The van der Waals surface area contributed by atoms with Crippen LogP contribution < -0.4 is 15.4 Å². The molecule has 2 atom stereocenters. The molecule has 1 heterocycles. The van der Waals surface area contributed by atoms with Gasteiger partial charge in [-0.1, -0.05) is 63.4 Å². The van der Waals surface area contributed by atoms with Crippen molar-refractivity contribution in [3.63, 3.8) is 0 Å². The second-order valence-corrected chi connectivity index (χ2v) is 9.91. The van der Waals surface area contributed by atoms with Gasteiger partial charge < -0.3 is 24.9 Å². The fourth-order valence-corrected chi connectivity index (χ4v) is 4.76. The first-order valence-corrected chi connectivity index (χ1v) is 14.3. The molecule has 3 amide bonds. The summed E-state index contributed by atoms with van der Waals surface area (Å²) < 4.78 is 10.7. The molecule has 0 bridgehead atoms. The lowest BCUT2D eigenvalue weighted by molar-refractivity contribution is -0.200. The number of amides is 3. The van der Waals surface area contributed by atoms with Gasteiger partial charge in [-0.2, -0.15) is 0 Å². The lowest BCUT2D eigenvalue weighted by Gasteiger charge is -2.32. The maximum atomic E-state index is 13.3. The second-order valence-electron chi connectivity index (χ2n) is 9.91. The lowest BCUT2D eigenvalue weighted by atomic mass is 9.90. The monoisotopic (exact) mass is 593 g/mol. The Kier molecular flexibility index (Phi) is 12.8. The van der Waals surface area contributed by atoms with Gasteiger partial charge in [0.1, 0.15) is 23.7 Å². The highest BCUT2D eigenvalue weighted by Gasteiger charge is 2.32. The van der Waals surface area contributed by atoms with Crippen molar-refractivity contribution in [2.24, 2.45) is 5.92 Å². The van der Waals surface area contributed by atoms with Crippen LogP contribution in [0.5, 0.6) is 5.75 Å². The summed E-state index contributed by atoms with van der Waals surface area (Å²) in [7, 11) is 1.38. The van der Waals surface area contributed by atoms with E-state index in [1.165, 1.54) is 30.4 Å². The van der Waals surface area contributed by atoms with E-state index in [9.17, 15) is 24.3 Å². The number of carboxylic acid groups (broad SMARTS) is 1. The quantitative estimate of drug-likeness (QED) is 0.0806. The van der Waals surface area contributed by atoms with Crippen molar-refractivity contribution in [2.45, 2.75) is 58.6 Å². The van der Waals surface area contributed by atoms with E-state index in [1.54, 1.807) is 12.1 Å². The van der Waals surface area contributed by atoms with Gasteiger partial charge in [-0.05, 0) is 48.7 Å². The average Bonchev–Trinajstić information content (AvgIpc) is 3.52. The Labute approximate surface area is 251 Å². The number of benzene rings is 2. The van der Waals surface area contributed by atoms with Crippen LogP contribution in [0, 0.1) is 5.92 Å². The standard InChI is InChI=1S/C32H39N3O8/c1-4-6-8-13-24(26(5-2)35(21-36)42-19-22-11-9-7-10-12-22)30(37)33-20-34-31(38)29-17-16-27(43-29)23-14-15-28(41-3)25(18-23)32(39)40/h7,9-12,14-18,21,24,26H,4-6,8,13,19-20H2,1-3H3,(H,33,37)(H,34,38)(H,39,40). The Bertz CT molecular complexity index is 1360. The third kappa shape index (κ3) is 9.17. The van der Waals surface area contributed by atoms with Crippen LogP contribution in [0.3, 0.4) is 0 Å². The molecule has 0 spiro atoms. The molecule has 230 valence electrons. The molecule has 0 aliphatic rings. The Morgan fingerprint density at radius 2 is 1.79 bits per heavy atom. The minimum absolute atomic E-state index is 0.00989. The zero-order chi connectivity index (χ0) is 31.2. The topological polar surface area (TPSA) is 147 Å². The molecule has 3 N–H and O–H groups in total. The van der Waals surface area contributed by atoms with Crippen LogP contribution in [0.1, 0.15) is 72.4 Å². The third-order valence-electron chi connectivity index (χ3n) is 7.05. The van der Waals surface area contributed by atoms with E-state index in [4.69, 9.17) is 14.0 Å². The summed E-state index contributed by atoms with van der Waals surface area (Å²) in [5.74, 6) is -2.09. The first kappa shape index (κ1) is 32.9. The molecule has 2 aromatic carbocycles. The number of methoxy groups -OCH3 is 1. The number of hydrogen-bond donors (Lipinski definition) is 3. The number of unbranched alkanes of at least 4 members (excludes halogenated alkanes) is 2. The molecule has 43 heavy (non-hydrogen) atoms. The van der Waals surface area contributed by atoms with Gasteiger partial charge in [0.05, 0.1) is 25.7 Å². The Morgan fingerprint density at radius 1 is 1.02 bits per heavy atom. The summed E-state index contributed by atoms with van der Waals surface area (Å²) in [4.78, 5) is 55.4. The minimum atomic E-state index is -1.16. The van der Waals surface area contributed by atoms with Gasteiger partial charge in [0.25, 0.3) is 5.91 Å². The van der Waals surface area contributed by atoms with E-state index in [-0.39, 0.29) is 36.3 Å². The number of carbonyl (C=O) groups is 4. The van der Waals surface area contributed by atoms with Crippen molar-refractivity contribution < 1.29 is 38.3 Å². The second kappa shape index (κ2) is 16.7. The SMILES string of the molecule is CCCCCC(C(=O)NCNC(=O)c1ccc(-c2ccc(OC)c(C(=O)O)c2)o1)C(CC)N(C=O)OCc1ccccc1. The molecule has 0 saturated heterocycles. The van der Waals surface area contributed by atoms with E-state index in [2.05, 4.69) is 17.6 Å². The fourth-order valence-electron chi connectivity index (χ4n) is 4.76. The number of aromatic carboxylic acids is 1. The number of carboxylic acids is 1. The molecule has 0 aliphatic heterocycles. The molecule has 11 heteroatoms.